The molecular formula is C8H9NO2. The topological polar surface area (TPSA) is 43.1 Å². The van der Waals surface area contributed by atoms with E-state index in [1.165, 1.54) is 12.1 Å². The number of rotatable bonds is 2. The van der Waals surface area contributed by atoms with E-state index in [0.29, 0.717) is 0 Å². The number of aryl methyl sites for hydroxylation is 1. The molecule has 0 bridgehead atoms. The number of nitro groups is 1. The maximum absolute atomic E-state index is 10.2. The van der Waals surface area contributed by atoms with Crippen molar-refractivity contribution in [1.82, 2.24) is 0 Å². The summed E-state index contributed by atoms with van der Waals surface area (Å²) >= 11 is 0. The van der Waals surface area contributed by atoms with Gasteiger partial charge in [-0.3, -0.25) is 10.1 Å². The number of non-ortho nitro benzene ring substituents is 1. The van der Waals surface area contributed by atoms with Gasteiger partial charge in [0.25, 0.3) is 5.69 Å². The highest BCUT2D eigenvalue weighted by Gasteiger charge is 2.01. The van der Waals surface area contributed by atoms with Crippen LogP contribution in [0.2, 0.25) is 0 Å². The average Bonchev–Trinajstić information content (AvgIpc) is 2.04. The van der Waals surface area contributed by atoms with Gasteiger partial charge in [0, 0.05) is 13.5 Å². The minimum atomic E-state index is -0.446. The van der Waals surface area contributed by atoms with Gasteiger partial charge in [-0.05, 0) is 12.0 Å². The fourth-order valence-electron chi connectivity index (χ4n) is 0.788. The SMILES string of the molecule is [2H]C(C)c1ccc([N+](=O)[O-])cc1. The first-order valence-electron chi connectivity index (χ1n) is 3.85. The minimum Gasteiger partial charge on any atom is -0.258 e. The van der Waals surface area contributed by atoms with Crippen LogP contribution in [0, 0.1) is 10.1 Å². The van der Waals surface area contributed by atoms with Crippen molar-refractivity contribution >= 4 is 5.69 Å². The van der Waals surface area contributed by atoms with Crippen LogP contribution in [0.1, 0.15) is 13.9 Å². The molecule has 1 aromatic rings. The van der Waals surface area contributed by atoms with Crippen molar-refractivity contribution in [2.24, 2.45) is 0 Å². The van der Waals surface area contributed by atoms with E-state index in [0.717, 1.165) is 5.56 Å². The van der Waals surface area contributed by atoms with Gasteiger partial charge in [-0.25, -0.2) is 0 Å². The summed E-state index contributed by atoms with van der Waals surface area (Å²) in [6.07, 6.45) is -0.328. The zero-order chi connectivity index (χ0) is 9.14. The van der Waals surface area contributed by atoms with E-state index in [1.807, 2.05) is 0 Å². The first-order valence-corrected chi connectivity index (χ1v) is 3.28. The molecule has 0 amide bonds. The first kappa shape index (κ1) is 6.34. The molecule has 0 saturated heterocycles. The normalized spacial score (nSPS) is 13.7. The Balaban J connectivity index is 2.93. The third-order valence-electron chi connectivity index (χ3n) is 1.44. The maximum Gasteiger partial charge on any atom is 0.269 e. The van der Waals surface area contributed by atoms with E-state index in [-0.39, 0.29) is 12.1 Å². The number of hydrogen-bond acceptors (Lipinski definition) is 2. The number of hydrogen-bond donors (Lipinski definition) is 0. The highest BCUT2D eigenvalue weighted by atomic mass is 16.6. The van der Waals surface area contributed by atoms with Gasteiger partial charge in [-0.1, -0.05) is 19.1 Å². The van der Waals surface area contributed by atoms with Crippen molar-refractivity contribution in [3.63, 3.8) is 0 Å². The van der Waals surface area contributed by atoms with Crippen LogP contribution in [0.5, 0.6) is 0 Å². The molecule has 0 saturated carbocycles. The molecule has 11 heavy (non-hydrogen) atoms. The summed E-state index contributed by atoms with van der Waals surface area (Å²) in [5.74, 6) is 0. The summed E-state index contributed by atoms with van der Waals surface area (Å²) in [7, 11) is 0. The van der Waals surface area contributed by atoms with Crippen molar-refractivity contribution in [3.8, 4) is 0 Å². The van der Waals surface area contributed by atoms with Gasteiger partial charge >= 0.3 is 0 Å². The molecule has 0 spiro atoms. The number of benzene rings is 1. The molecule has 0 aliphatic heterocycles. The smallest absolute Gasteiger partial charge is 0.258 e. The molecule has 1 unspecified atom stereocenters. The highest BCUT2D eigenvalue weighted by Crippen LogP contribution is 2.11. The second-order valence-corrected chi connectivity index (χ2v) is 2.14. The summed E-state index contributed by atoms with van der Waals surface area (Å²) in [6.45, 7) is 1.72. The number of nitro benzene ring substituents is 1. The third-order valence-corrected chi connectivity index (χ3v) is 1.44. The van der Waals surface area contributed by atoms with Crippen molar-refractivity contribution in [1.29, 1.82) is 0 Å². The Morgan fingerprint density at radius 3 is 2.45 bits per heavy atom. The largest absolute Gasteiger partial charge is 0.269 e. The third kappa shape index (κ3) is 1.77. The summed E-state index contributed by atoms with van der Waals surface area (Å²) in [6, 6.07) is 6.05. The Bertz CT molecular complexity index is 282. The van der Waals surface area contributed by atoms with Crippen molar-refractivity contribution in [2.75, 3.05) is 0 Å². The van der Waals surface area contributed by atoms with Gasteiger partial charge < -0.3 is 0 Å². The van der Waals surface area contributed by atoms with Gasteiger partial charge in [0.1, 0.15) is 0 Å². The zero-order valence-electron chi connectivity index (χ0n) is 7.15. The van der Waals surface area contributed by atoms with Crippen LogP contribution in [0.15, 0.2) is 24.3 Å². The fraction of sp³-hybridized carbons (Fsp3) is 0.250. The Morgan fingerprint density at radius 1 is 1.55 bits per heavy atom. The lowest BCUT2D eigenvalue weighted by Gasteiger charge is -1.93. The molecule has 0 heterocycles. The van der Waals surface area contributed by atoms with Crippen molar-refractivity contribution < 1.29 is 6.29 Å². The molecule has 0 aromatic heterocycles. The summed E-state index contributed by atoms with van der Waals surface area (Å²) in [5.41, 5.74) is 0.861. The van der Waals surface area contributed by atoms with Crippen LogP contribution in [0.3, 0.4) is 0 Å². The molecule has 3 nitrogen and oxygen atoms in total. The molecule has 0 fully saturated rings. The summed E-state index contributed by atoms with van der Waals surface area (Å²) in [4.78, 5) is 9.79. The van der Waals surface area contributed by atoms with Gasteiger partial charge in [-0.2, -0.15) is 0 Å². The first-order chi connectivity index (χ1) is 5.61. The van der Waals surface area contributed by atoms with Crippen molar-refractivity contribution in [3.05, 3.63) is 39.9 Å². The highest BCUT2D eigenvalue weighted by molar-refractivity contribution is 5.32. The quantitative estimate of drug-likeness (QED) is 0.481. The molecular weight excluding hydrogens is 142 g/mol. The molecule has 0 aliphatic carbocycles. The molecule has 1 atom stereocenters. The summed E-state index contributed by atoms with van der Waals surface area (Å²) < 4.78 is 7.33. The van der Waals surface area contributed by atoms with E-state index in [4.69, 9.17) is 1.37 Å². The van der Waals surface area contributed by atoms with Crippen LogP contribution in [0.25, 0.3) is 0 Å². The van der Waals surface area contributed by atoms with E-state index in [9.17, 15) is 10.1 Å². The predicted octanol–water partition coefficient (Wildman–Crippen LogP) is 2.16. The van der Waals surface area contributed by atoms with E-state index in [2.05, 4.69) is 0 Å². The van der Waals surface area contributed by atoms with Gasteiger partial charge in [0.2, 0.25) is 0 Å². The molecule has 0 N–H and O–H groups in total. The standard InChI is InChI=1S/C8H9NO2/c1-2-7-3-5-8(6-4-7)9(10)11/h3-6H,2H2,1H3/i2D. The lowest BCUT2D eigenvalue weighted by atomic mass is 10.2. The minimum absolute atomic E-state index is 0.0689. The van der Waals surface area contributed by atoms with Crippen LogP contribution in [-0.2, 0) is 6.40 Å². The molecule has 3 heteroatoms. The predicted molar refractivity (Wildman–Crippen MR) is 42.5 cm³/mol. The van der Waals surface area contributed by atoms with Gasteiger partial charge in [0.15, 0.2) is 0 Å². The Hall–Kier alpha value is -1.38. The molecule has 1 aromatic carbocycles. The summed E-state index contributed by atoms with van der Waals surface area (Å²) in [5, 5.41) is 10.2. The van der Waals surface area contributed by atoms with E-state index >= 15 is 0 Å². The second-order valence-electron chi connectivity index (χ2n) is 2.14. The average molecular weight is 152 g/mol. The monoisotopic (exact) mass is 152 g/mol. The van der Waals surface area contributed by atoms with Gasteiger partial charge in [-0.15, -0.1) is 0 Å². The molecule has 0 aliphatic rings. The van der Waals surface area contributed by atoms with E-state index < -0.39 is 4.92 Å². The second kappa shape index (κ2) is 3.14. The Kier molecular flexibility index (Phi) is 1.81. The fourth-order valence-corrected chi connectivity index (χ4v) is 0.788. The van der Waals surface area contributed by atoms with E-state index in [1.54, 1.807) is 19.1 Å². The van der Waals surface area contributed by atoms with Crippen LogP contribution in [0.4, 0.5) is 5.69 Å². The maximum atomic E-state index is 10.2. The number of nitrogens with zero attached hydrogens (tertiary/aromatic N) is 1. The van der Waals surface area contributed by atoms with Crippen LogP contribution < -0.4 is 0 Å². The molecule has 0 radical (unpaired) electrons. The lowest BCUT2D eigenvalue weighted by Crippen LogP contribution is -1.87. The lowest BCUT2D eigenvalue weighted by molar-refractivity contribution is -0.384. The molecule has 1 rings (SSSR count). The van der Waals surface area contributed by atoms with Gasteiger partial charge in [0.05, 0.1) is 4.92 Å². The Labute approximate surface area is 66.2 Å². The Morgan fingerprint density at radius 2 is 2.09 bits per heavy atom. The van der Waals surface area contributed by atoms with Crippen molar-refractivity contribution in [2.45, 2.75) is 13.3 Å². The molecule has 58 valence electrons. The van der Waals surface area contributed by atoms with Crippen LogP contribution >= 0.6 is 0 Å². The van der Waals surface area contributed by atoms with Crippen LogP contribution in [-0.4, -0.2) is 4.92 Å². The zero-order valence-corrected chi connectivity index (χ0v) is 6.15.